The van der Waals surface area contributed by atoms with Crippen LogP contribution in [0.3, 0.4) is 0 Å². The standard InChI is InChI=1S/C11H16O3/c1-12-8-10-4-3-5-11(14-10,7-6-10)9-13-2/h3-4,6-7H,5,8-9H2,1-2H3/t10-,11+/m1/s1. The van der Waals surface area contributed by atoms with Gasteiger partial charge in [0, 0.05) is 20.6 Å². The van der Waals surface area contributed by atoms with E-state index in [4.69, 9.17) is 14.2 Å². The molecule has 2 atom stereocenters. The highest BCUT2D eigenvalue weighted by Gasteiger charge is 2.45. The smallest absolute Gasteiger partial charge is 0.129 e. The maximum Gasteiger partial charge on any atom is 0.129 e. The Hall–Kier alpha value is -0.640. The largest absolute Gasteiger partial charge is 0.381 e. The molecule has 0 fully saturated rings. The molecule has 0 radical (unpaired) electrons. The van der Waals surface area contributed by atoms with Gasteiger partial charge >= 0.3 is 0 Å². The predicted octanol–water partition coefficient (Wildman–Crippen LogP) is 1.30. The van der Waals surface area contributed by atoms with Gasteiger partial charge in [-0.2, -0.15) is 0 Å². The van der Waals surface area contributed by atoms with Crippen LogP contribution in [-0.4, -0.2) is 38.6 Å². The van der Waals surface area contributed by atoms with E-state index in [2.05, 4.69) is 24.3 Å². The van der Waals surface area contributed by atoms with E-state index in [1.54, 1.807) is 14.2 Å². The molecule has 0 N–H and O–H groups in total. The fraction of sp³-hybridized carbons (Fsp3) is 0.636. The number of fused-ring (bicyclic) bond motifs is 2. The lowest BCUT2D eigenvalue weighted by atomic mass is 9.99. The third kappa shape index (κ3) is 1.52. The van der Waals surface area contributed by atoms with Crippen molar-refractivity contribution in [2.45, 2.75) is 17.6 Å². The minimum Gasteiger partial charge on any atom is -0.381 e. The van der Waals surface area contributed by atoms with Crippen LogP contribution in [0.15, 0.2) is 24.3 Å². The van der Waals surface area contributed by atoms with E-state index in [0.717, 1.165) is 6.42 Å². The maximum absolute atomic E-state index is 6.01. The van der Waals surface area contributed by atoms with E-state index < -0.39 is 0 Å². The Bertz CT molecular complexity index is 272. The van der Waals surface area contributed by atoms with Gasteiger partial charge in [0.05, 0.1) is 13.2 Å². The first-order valence-electron chi connectivity index (χ1n) is 4.80. The van der Waals surface area contributed by atoms with Gasteiger partial charge in [-0.1, -0.05) is 18.2 Å². The van der Waals surface area contributed by atoms with Crippen LogP contribution in [0.1, 0.15) is 6.42 Å². The summed E-state index contributed by atoms with van der Waals surface area (Å²) in [5.41, 5.74) is -0.617. The Kier molecular flexibility index (Phi) is 2.47. The van der Waals surface area contributed by atoms with Crippen molar-refractivity contribution in [3.05, 3.63) is 24.3 Å². The fourth-order valence-corrected chi connectivity index (χ4v) is 2.13. The van der Waals surface area contributed by atoms with Crippen LogP contribution in [0.25, 0.3) is 0 Å². The highest BCUT2D eigenvalue weighted by Crippen LogP contribution is 2.39. The van der Waals surface area contributed by atoms with Crippen LogP contribution in [-0.2, 0) is 14.2 Å². The Morgan fingerprint density at radius 3 is 2.64 bits per heavy atom. The second-order valence-electron chi connectivity index (χ2n) is 3.93. The second kappa shape index (κ2) is 3.50. The lowest BCUT2D eigenvalue weighted by molar-refractivity contribution is -0.122. The van der Waals surface area contributed by atoms with E-state index in [0.29, 0.717) is 13.2 Å². The van der Waals surface area contributed by atoms with E-state index in [9.17, 15) is 0 Å². The summed E-state index contributed by atoms with van der Waals surface area (Å²) < 4.78 is 16.3. The molecule has 0 aromatic heterocycles. The van der Waals surface area contributed by atoms with Gasteiger partial charge in [0.2, 0.25) is 0 Å². The van der Waals surface area contributed by atoms with Gasteiger partial charge in [-0.3, -0.25) is 0 Å². The molecule has 3 nitrogen and oxygen atoms in total. The molecule has 0 amide bonds. The lowest BCUT2D eigenvalue weighted by Crippen LogP contribution is -2.43. The molecule has 3 heteroatoms. The van der Waals surface area contributed by atoms with E-state index in [1.807, 2.05) is 0 Å². The fourth-order valence-electron chi connectivity index (χ4n) is 2.13. The summed E-state index contributed by atoms with van der Waals surface area (Å²) >= 11 is 0. The predicted molar refractivity (Wildman–Crippen MR) is 53.2 cm³/mol. The molecular formula is C11H16O3. The molecule has 0 aliphatic carbocycles. The van der Waals surface area contributed by atoms with Crippen molar-refractivity contribution in [1.82, 2.24) is 0 Å². The van der Waals surface area contributed by atoms with Gasteiger partial charge in [-0.15, -0.1) is 0 Å². The number of hydrogen-bond donors (Lipinski definition) is 0. The minimum atomic E-state index is -0.356. The number of rotatable bonds is 4. The molecule has 2 aliphatic rings. The van der Waals surface area contributed by atoms with Crippen LogP contribution < -0.4 is 0 Å². The van der Waals surface area contributed by atoms with Gasteiger partial charge < -0.3 is 14.2 Å². The summed E-state index contributed by atoms with van der Waals surface area (Å²) in [7, 11) is 3.38. The Morgan fingerprint density at radius 2 is 1.93 bits per heavy atom. The molecule has 2 bridgehead atoms. The van der Waals surface area contributed by atoms with Crippen molar-refractivity contribution < 1.29 is 14.2 Å². The highest BCUT2D eigenvalue weighted by atomic mass is 16.6. The maximum atomic E-state index is 6.01. The number of hydrogen-bond acceptors (Lipinski definition) is 3. The van der Waals surface area contributed by atoms with Crippen molar-refractivity contribution in [3.8, 4) is 0 Å². The summed E-state index contributed by atoms with van der Waals surface area (Å²) in [5, 5.41) is 0. The summed E-state index contributed by atoms with van der Waals surface area (Å²) in [4.78, 5) is 0. The van der Waals surface area contributed by atoms with Crippen LogP contribution in [0.5, 0.6) is 0 Å². The second-order valence-corrected chi connectivity index (χ2v) is 3.93. The first-order valence-corrected chi connectivity index (χ1v) is 4.80. The van der Waals surface area contributed by atoms with Gasteiger partial charge in [0.1, 0.15) is 11.2 Å². The molecule has 2 aliphatic heterocycles. The zero-order valence-electron chi connectivity index (χ0n) is 8.66. The van der Waals surface area contributed by atoms with E-state index in [1.165, 1.54) is 0 Å². The van der Waals surface area contributed by atoms with Crippen molar-refractivity contribution in [2.75, 3.05) is 27.4 Å². The van der Waals surface area contributed by atoms with Gasteiger partial charge in [0.25, 0.3) is 0 Å². The molecule has 0 saturated carbocycles. The topological polar surface area (TPSA) is 27.7 Å². The summed E-state index contributed by atoms with van der Waals surface area (Å²) in [6, 6.07) is 0. The molecule has 0 saturated heterocycles. The van der Waals surface area contributed by atoms with Crippen molar-refractivity contribution in [1.29, 1.82) is 0 Å². The minimum absolute atomic E-state index is 0.262. The molecule has 0 unspecified atom stereocenters. The Morgan fingerprint density at radius 1 is 1.14 bits per heavy atom. The SMILES string of the molecule is COC[C@@]12C=CC[C@@](COC)(C=C1)O2. The molecule has 2 rings (SSSR count). The van der Waals surface area contributed by atoms with Gasteiger partial charge in [-0.25, -0.2) is 0 Å². The van der Waals surface area contributed by atoms with Gasteiger partial charge in [0.15, 0.2) is 0 Å². The quantitative estimate of drug-likeness (QED) is 0.634. The Labute approximate surface area is 84.3 Å². The molecule has 0 aromatic carbocycles. The summed E-state index contributed by atoms with van der Waals surface area (Å²) in [6.07, 6.45) is 9.24. The Balaban J connectivity index is 2.17. The zero-order valence-corrected chi connectivity index (χ0v) is 8.66. The molecular weight excluding hydrogens is 180 g/mol. The van der Waals surface area contributed by atoms with E-state index in [-0.39, 0.29) is 11.2 Å². The molecule has 0 aromatic rings. The summed E-state index contributed by atoms with van der Waals surface area (Å²) in [6.45, 7) is 1.16. The van der Waals surface area contributed by atoms with Crippen molar-refractivity contribution >= 4 is 0 Å². The molecule has 14 heavy (non-hydrogen) atoms. The molecule has 0 spiro atoms. The average molecular weight is 196 g/mol. The zero-order chi connectivity index (χ0) is 10.1. The van der Waals surface area contributed by atoms with Crippen LogP contribution in [0.2, 0.25) is 0 Å². The normalized spacial score (nSPS) is 39.3. The first kappa shape index (κ1) is 9.90. The van der Waals surface area contributed by atoms with Crippen molar-refractivity contribution in [2.24, 2.45) is 0 Å². The van der Waals surface area contributed by atoms with Gasteiger partial charge in [-0.05, 0) is 6.08 Å². The number of methoxy groups -OCH3 is 2. The number of ether oxygens (including phenoxy) is 3. The molecule has 2 heterocycles. The van der Waals surface area contributed by atoms with Crippen LogP contribution in [0, 0.1) is 0 Å². The van der Waals surface area contributed by atoms with Crippen LogP contribution >= 0.6 is 0 Å². The third-order valence-electron chi connectivity index (χ3n) is 2.68. The highest BCUT2D eigenvalue weighted by molar-refractivity contribution is 5.30. The van der Waals surface area contributed by atoms with Crippen molar-refractivity contribution in [3.63, 3.8) is 0 Å². The third-order valence-corrected chi connectivity index (χ3v) is 2.68. The van der Waals surface area contributed by atoms with E-state index >= 15 is 0 Å². The summed E-state index contributed by atoms with van der Waals surface area (Å²) in [5.74, 6) is 0. The van der Waals surface area contributed by atoms with Crippen LogP contribution in [0.4, 0.5) is 0 Å². The lowest BCUT2D eigenvalue weighted by Gasteiger charge is -2.36. The first-order chi connectivity index (χ1) is 6.74. The monoisotopic (exact) mass is 196 g/mol. The average Bonchev–Trinajstić information content (AvgIpc) is 2.40. The molecule has 78 valence electrons.